The molecule has 0 atom stereocenters. The Morgan fingerprint density at radius 2 is 2.10 bits per heavy atom. The quantitative estimate of drug-likeness (QED) is 0.671. The Balaban J connectivity index is 2.21. The normalized spacial score (nSPS) is 10.9. The molecule has 2 heterocycles. The molecular formula is C13H7BrClFN2OS. The Morgan fingerprint density at radius 1 is 1.30 bits per heavy atom. The number of nitrogens with zero attached hydrogens (tertiary/aromatic N) is 1. The van der Waals surface area contributed by atoms with E-state index in [1.807, 2.05) is 12.1 Å². The van der Waals surface area contributed by atoms with Crippen LogP contribution in [0, 0.1) is 5.82 Å². The van der Waals surface area contributed by atoms with Gasteiger partial charge in [0, 0.05) is 5.56 Å². The average molecular weight is 374 g/mol. The third-order valence-electron chi connectivity index (χ3n) is 2.72. The Bertz CT molecular complexity index is 787. The molecule has 102 valence electrons. The maximum absolute atomic E-state index is 13.2. The monoisotopic (exact) mass is 372 g/mol. The third kappa shape index (κ3) is 2.34. The van der Waals surface area contributed by atoms with Crippen LogP contribution >= 0.6 is 38.9 Å². The fourth-order valence-electron chi connectivity index (χ4n) is 1.86. The van der Waals surface area contributed by atoms with Crippen molar-refractivity contribution in [2.45, 2.75) is 0 Å². The second-order valence-electron chi connectivity index (χ2n) is 4.00. The van der Waals surface area contributed by atoms with Crippen molar-refractivity contribution < 1.29 is 8.91 Å². The molecular weight excluding hydrogens is 367 g/mol. The summed E-state index contributed by atoms with van der Waals surface area (Å²) in [6, 6.07) is 7.90. The highest BCUT2D eigenvalue weighted by molar-refractivity contribution is 9.11. The first-order valence-corrected chi connectivity index (χ1v) is 7.51. The van der Waals surface area contributed by atoms with Gasteiger partial charge >= 0.3 is 0 Å². The Morgan fingerprint density at radius 3 is 2.75 bits per heavy atom. The minimum Gasteiger partial charge on any atom is -0.380 e. The van der Waals surface area contributed by atoms with Crippen LogP contribution in [-0.4, -0.2) is 5.16 Å². The molecule has 0 aliphatic heterocycles. The third-order valence-corrected chi connectivity index (χ3v) is 4.65. The van der Waals surface area contributed by atoms with Gasteiger partial charge in [0.25, 0.3) is 0 Å². The van der Waals surface area contributed by atoms with E-state index in [2.05, 4.69) is 21.1 Å². The molecule has 1 aromatic carbocycles. The van der Waals surface area contributed by atoms with Crippen LogP contribution in [0.2, 0.25) is 5.02 Å². The van der Waals surface area contributed by atoms with Crippen LogP contribution in [0.4, 0.5) is 10.2 Å². The Labute approximate surface area is 131 Å². The first kappa shape index (κ1) is 13.6. The largest absolute Gasteiger partial charge is 0.380 e. The first-order valence-electron chi connectivity index (χ1n) is 5.52. The molecule has 0 saturated heterocycles. The summed E-state index contributed by atoms with van der Waals surface area (Å²) in [5.74, 6) is 0.332. The fourth-order valence-corrected chi connectivity index (χ4v) is 3.49. The summed E-state index contributed by atoms with van der Waals surface area (Å²) in [7, 11) is 0. The van der Waals surface area contributed by atoms with Gasteiger partial charge in [0.2, 0.25) is 0 Å². The zero-order valence-corrected chi connectivity index (χ0v) is 13.0. The molecule has 0 amide bonds. The second kappa shape index (κ2) is 5.20. The molecule has 0 bridgehead atoms. The molecule has 7 heteroatoms. The summed E-state index contributed by atoms with van der Waals surface area (Å²) in [6.45, 7) is 0. The van der Waals surface area contributed by atoms with Crippen molar-refractivity contribution in [3.05, 3.63) is 45.0 Å². The van der Waals surface area contributed by atoms with E-state index in [-0.39, 0.29) is 10.8 Å². The van der Waals surface area contributed by atoms with Crippen LogP contribution in [-0.2, 0) is 0 Å². The molecule has 0 spiro atoms. The SMILES string of the molecule is Nc1noc(-c2ccc(Br)s2)c1-c1ccc(F)cc1Cl. The number of rotatable bonds is 2. The molecule has 3 aromatic rings. The minimum absolute atomic E-state index is 0.220. The Kier molecular flexibility index (Phi) is 3.54. The molecule has 0 unspecified atom stereocenters. The summed E-state index contributed by atoms with van der Waals surface area (Å²) < 4.78 is 19.4. The van der Waals surface area contributed by atoms with E-state index < -0.39 is 5.82 Å². The van der Waals surface area contributed by atoms with Crippen molar-refractivity contribution in [2.24, 2.45) is 0 Å². The second-order valence-corrected chi connectivity index (χ2v) is 6.87. The lowest BCUT2D eigenvalue weighted by molar-refractivity contribution is 0.437. The number of aromatic nitrogens is 1. The molecule has 0 radical (unpaired) electrons. The number of hydrogen-bond donors (Lipinski definition) is 1. The van der Waals surface area contributed by atoms with Gasteiger partial charge in [-0.25, -0.2) is 4.39 Å². The van der Waals surface area contributed by atoms with E-state index in [0.717, 1.165) is 8.66 Å². The van der Waals surface area contributed by atoms with E-state index >= 15 is 0 Å². The topological polar surface area (TPSA) is 52.0 Å². The highest BCUT2D eigenvalue weighted by atomic mass is 79.9. The minimum atomic E-state index is -0.408. The molecule has 0 aliphatic carbocycles. The van der Waals surface area contributed by atoms with Gasteiger partial charge < -0.3 is 10.3 Å². The first-order chi connectivity index (χ1) is 9.56. The number of nitrogens with two attached hydrogens (primary N) is 1. The highest BCUT2D eigenvalue weighted by Gasteiger charge is 2.21. The molecule has 3 rings (SSSR count). The van der Waals surface area contributed by atoms with E-state index in [0.29, 0.717) is 16.9 Å². The van der Waals surface area contributed by atoms with Crippen LogP contribution in [0.15, 0.2) is 38.6 Å². The van der Waals surface area contributed by atoms with E-state index in [1.54, 1.807) is 6.07 Å². The van der Waals surface area contributed by atoms with Gasteiger partial charge in [-0.05, 0) is 46.3 Å². The van der Waals surface area contributed by atoms with Crippen LogP contribution in [0.3, 0.4) is 0 Å². The molecule has 0 aliphatic rings. The van der Waals surface area contributed by atoms with Crippen molar-refractivity contribution in [1.82, 2.24) is 5.16 Å². The molecule has 0 fully saturated rings. The predicted molar refractivity (Wildman–Crippen MR) is 82.3 cm³/mol. The number of anilines is 1. The van der Waals surface area contributed by atoms with Gasteiger partial charge in [0.05, 0.1) is 19.2 Å². The van der Waals surface area contributed by atoms with Crippen LogP contribution in [0.5, 0.6) is 0 Å². The van der Waals surface area contributed by atoms with Gasteiger partial charge in [0.15, 0.2) is 11.6 Å². The van der Waals surface area contributed by atoms with Gasteiger partial charge in [-0.1, -0.05) is 16.8 Å². The number of nitrogen functional groups attached to an aromatic ring is 1. The molecule has 0 saturated carbocycles. The molecule has 20 heavy (non-hydrogen) atoms. The van der Waals surface area contributed by atoms with Crippen molar-refractivity contribution in [1.29, 1.82) is 0 Å². The van der Waals surface area contributed by atoms with E-state index in [9.17, 15) is 4.39 Å². The highest BCUT2D eigenvalue weighted by Crippen LogP contribution is 2.42. The van der Waals surface area contributed by atoms with Gasteiger partial charge in [-0.2, -0.15) is 0 Å². The van der Waals surface area contributed by atoms with Crippen LogP contribution in [0.25, 0.3) is 21.8 Å². The van der Waals surface area contributed by atoms with Gasteiger partial charge in [0.1, 0.15) is 5.82 Å². The Hall–Kier alpha value is -1.37. The predicted octanol–water partition coefficient (Wildman–Crippen LogP) is 5.21. The fraction of sp³-hybridized carbons (Fsp3) is 0. The zero-order valence-electron chi connectivity index (χ0n) is 9.86. The van der Waals surface area contributed by atoms with E-state index in [4.69, 9.17) is 21.9 Å². The van der Waals surface area contributed by atoms with Gasteiger partial charge in [-0.15, -0.1) is 11.3 Å². The molecule has 3 nitrogen and oxygen atoms in total. The van der Waals surface area contributed by atoms with Crippen molar-refractivity contribution in [3.63, 3.8) is 0 Å². The van der Waals surface area contributed by atoms with Gasteiger partial charge in [-0.3, -0.25) is 0 Å². The van der Waals surface area contributed by atoms with Crippen LogP contribution in [0.1, 0.15) is 0 Å². The average Bonchev–Trinajstić information content (AvgIpc) is 2.96. The molecule has 2 aromatic heterocycles. The summed E-state index contributed by atoms with van der Waals surface area (Å²) in [5, 5.41) is 4.04. The lowest BCUT2D eigenvalue weighted by Gasteiger charge is -2.04. The summed E-state index contributed by atoms with van der Waals surface area (Å²) >= 11 is 11.0. The van der Waals surface area contributed by atoms with E-state index in [1.165, 1.54) is 23.5 Å². The van der Waals surface area contributed by atoms with Crippen molar-refractivity contribution in [2.75, 3.05) is 5.73 Å². The summed E-state index contributed by atoms with van der Waals surface area (Å²) in [6.07, 6.45) is 0. The number of benzene rings is 1. The maximum atomic E-state index is 13.2. The zero-order chi connectivity index (χ0) is 14.3. The van der Waals surface area contributed by atoms with Crippen LogP contribution < -0.4 is 5.73 Å². The number of thiophene rings is 1. The van der Waals surface area contributed by atoms with Crippen molar-refractivity contribution in [3.8, 4) is 21.8 Å². The number of hydrogen-bond acceptors (Lipinski definition) is 4. The lowest BCUT2D eigenvalue weighted by Crippen LogP contribution is -1.89. The summed E-state index contributed by atoms with van der Waals surface area (Å²) in [4.78, 5) is 0.858. The standard InChI is InChI=1S/C13H7BrClFN2OS/c14-10-4-3-9(20-10)12-11(13(17)18-19-12)7-2-1-6(16)5-8(7)15/h1-5H,(H2,17,18). The maximum Gasteiger partial charge on any atom is 0.186 e. The summed E-state index contributed by atoms with van der Waals surface area (Å²) in [5.41, 5.74) is 7.02. The molecule has 2 N–H and O–H groups in total. The smallest absolute Gasteiger partial charge is 0.186 e. The number of halogens is 3. The van der Waals surface area contributed by atoms with Crippen molar-refractivity contribution >= 4 is 44.7 Å². The lowest BCUT2D eigenvalue weighted by atomic mass is 10.0.